The van der Waals surface area contributed by atoms with Gasteiger partial charge >= 0.3 is 0 Å². The van der Waals surface area contributed by atoms with Crippen LogP contribution in [0.5, 0.6) is 0 Å². The molecule has 0 aliphatic heterocycles. The van der Waals surface area contributed by atoms with Gasteiger partial charge < -0.3 is 14.5 Å². The van der Waals surface area contributed by atoms with Crippen molar-refractivity contribution in [3.63, 3.8) is 0 Å². The highest BCUT2D eigenvalue weighted by Crippen LogP contribution is 2.17. The van der Waals surface area contributed by atoms with Gasteiger partial charge in [0.15, 0.2) is 0 Å². The first-order valence-corrected chi connectivity index (χ1v) is 9.53. The Morgan fingerprint density at radius 2 is 1.79 bits per heavy atom. The molecule has 0 bridgehead atoms. The molecule has 6 nitrogen and oxygen atoms in total. The van der Waals surface area contributed by atoms with Crippen molar-refractivity contribution in [1.29, 1.82) is 0 Å². The normalized spacial score (nSPS) is 11.9. The molecule has 1 N–H and O–H groups in total. The van der Waals surface area contributed by atoms with E-state index in [0.29, 0.717) is 37.8 Å². The van der Waals surface area contributed by atoms with E-state index in [1.807, 2.05) is 67.6 Å². The molecule has 2 aromatic carbocycles. The van der Waals surface area contributed by atoms with Gasteiger partial charge in [0.25, 0.3) is 0 Å². The molecule has 1 unspecified atom stereocenters. The Kier molecular flexibility index (Phi) is 7.32. The predicted molar refractivity (Wildman–Crippen MR) is 106 cm³/mol. The number of nitrogens with zero attached hydrogens (tertiary/aromatic N) is 2. The summed E-state index contributed by atoms with van der Waals surface area (Å²) in [6.45, 7) is 3.21. The zero-order valence-electron chi connectivity index (χ0n) is 16.0. The van der Waals surface area contributed by atoms with E-state index in [1.54, 1.807) is 0 Å². The van der Waals surface area contributed by atoms with Gasteiger partial charge in [0.1, 0.15) is 0 Å². The first kappa shape index (κ1) is 19.8. The molecule has 6 heteroatoms. The average Bonchev–Trinajstić information content (AvgIpc) is 3.22. The number of carbonyl (C=O) groups is 1. The molecule has 0 aliphatic carbocycles. The predicted octanol–water partition coefficient (Wildman–Crippen LogP) is 3.95. The number of aryl methyl sites for hydroxylation is 1. The maximum Gasteiger partial charge on any atom is 0.247 e. The molecule has 0 spiro atoms. The monoisotopic (exact) mass is 379 g/mol. The minimum atomic E-state index is -0.0319. The molecule has 0 saturated carbocycles. The van der Waals surface area contributed by atoms with Crippen LogP contribution in [0.25, 0.3) is 11.5 Å². The van der Waals surface area contributed by atoms with E-state index in [9.17, 15) is 4.79 Å². The highest BCUT2D eigenvalue weighted by Gasteiger charge is 2.10. The van der Waals surface area contributed by atoms with Gasteiger partial charge in [-0.2, -0.15) is 0 Å². The Balaban J connectivity index is 1.30. The number of benzene rings is 2. The number of amides is 1. The van der Waals surface area contributed by atoms with Crippen LogP contribution >= 0.6 is 0 Å². The van der Waals surface area contributed by atoms with E-state index in [0.717, 1.165) is 17.5 Å². The molecule has 1 aromatic heterocycles. The van der Waals surface area contributed by atoms with E-state index in [1.165, 1.54) is 0 Å². The molecular weight excluding hydrogens is 354 g/mol. The van der Waals surface area contributed by atoms with Crippen molar-refractivity contribution in [3.05, 3.63) is 72.1 Å². The van der Waals surface area contributed by atoms with E-state index >= 15 is 0 Å². The minimum Gasteiger partial charge on any atom is -0.421 e. The number of aromatic nitrogens is 2. The molecule has 0 saturated heterocycles. The summed E-state index contributed by atoms with van der Waals surface area (Å²) in [5.74, 6) is 0.908. The second-order valence-electron chi connectivity index (χ2n) is 6.49. The van der Waals surface area contributed by atoms with E-state index in [2.05, 4.69) is 15.5 Å². The quantitative estimate of drug-likeness (QED) is 0.540. The molecule has 3 aromatic rings. The second kappa shape index (κ2) is 10.4. The third kappa shape index (κ3) is 6.03. The number of hydrogen-bond donors (Lipinski definition) is 1. The van der Waals surface area contributed by atoms with Crippen molar-refractivity contribution in [1.82, 2.24) is 15.5 Å². The van der Waals surface area contributed by atoms with Gasteiger partial charge in [-0.05, 0) is 31.0 Å². The summed E-state index contributed by atoms with van der Waals surface area (Å²) in [6, 6.07) is 19.7. The third-order valence-corrected chi connectivity index (χ3v) is 4.33. The fraction of sp³-hybridized carbons (Fsp3) is 0.318. The van der Waals surface area contributed by atoms with Gasteiger partial charge in [-0.25, -0.2) is 0 Å². The van der Waals surface area contributed by atoms with Crippen LogP contribution in [0.3, 0.4) is 0 Å². The van der Waals surface area contributed by atoms with Crippen molar-refractivity contribution >= 4 is 5.91 Å². The summed E-state index contributed by atoms with van der Waals surface area (Å²) in [6.07, 6.45) is 1.56. The van der Waals surface area contributed by atoms with Crippen LogP contribution in [0.15, 0.2) is 65.1 Å². The van der Waals surface area contributed by atoms with Gasteiger partial charge in [-0.1, -0.05) is 48.5 Å². The Morgan fingerprint density at radius 3 is 2.54 bits per heavy atom. The number of rotatable bonds is 10. The first-order valence-electron chi connectivity index (χ1n) is 9.53. The largest absolute Gasteiger partial charge is 0.421 e. The lowest BCUT2D eigenvalue weighted by molar-refractivity contribution is -0.121. The third-order valence-electron chi connectivity index (χ3n) is 4.33. The molecule has 28 heavy (non-hydrogen) atoms. The maximum absolute atomic E-state index is 12.0. The summed E-state index contributed by atoms with van der Waals surface area (Å²) in [5.41, 5.74) is 2.02. The lowest BCUT2D eigenvalue weighted by Gasteiger charge is -2.13. The fourth-order valence-corrected chi connectivity index (χ4v) is 2.74. The van der Waals surface area contributed by atoms with Crippen LogP contribution in [-0.4, -0.2) is 29.3 Å². The topological polar surface area (TPSA) is 77.2 Å². The van der Waals surface area contributed by atoms with Gasteiger partial charge in [0.2, 0.25) is 17.7 Å². The Labute approximate surface area is 164 Å². The summed E-state index contributed by atoms with van der Waals surface area (Å²) >= 11 is 0. The van der Waals surface area contributed by atoms with Crippen molar-refractivity contribution < 1.29 is 13.9 Å². The van der Waals surface area contributed by atoms with Gasteiger partial charge in [-0.3, -0.25) is 4.79 Å². The molecule has 1 heterocycles. The van der Waals surface area contributed by atoms with Gasteiger partial charge in [0, 0.05) is 31.6 Å². The maximum atomic E-state index is 12.0. The first-order chi connectivity index (χ1) is 13.7. The Morgan fingerprint density at radius 1 is 1.07 bits per heavy atom. The fourth-order valence-electron chi connectivity index (χ4n) is 2.74. The zero-order chi connectivity index (χ0) is 19.6. The number of nitrogens with one attached hydrogen (secondary N) is 1. The summed E-state index contributed by atoms with van der Waals surface area (Å²) in [4.78, 5) is 12.0. The lowest BCUT2D eigenvalue weighted by atomic mass is 10.1. The van der Waals surface area contributed by atoms with E-state index < -0.39 is 0 Å². The summed E-state index contributed by atoms with van der Waals surface area (Å²) < 4.78 is 11.4. The van der Waals surface area contributed by atoms with Crippen molar-refractivity contribution in [2.75, 3.05) is 13.2 Å². The molecule has 3 rings (SSSR count). The van der Waals surface area contributed by atoms with Crippen LogP contribution in [0, 0.1) is 0 Å². The summed E-state index contributed by atoms with van der Waals surface area (Å²) in [5, 5.41) is 10.9. The number of hydrogen-bond acceptors (Lipinski definition) is 5. The highest BCUT2D eigenvalue weighted by molar-refractivity contribution is 5.75. The molecule has 0 aliphatic rings. The van der Waals surface area contributed by atoms with Gasteiger partial charge in [0.05, 0.1) is 6.10 Å². The Bertz CT molecular complexity index is 850. The van der Waals surface area contributed by atoms with Crippen LogP contribution < -0.4 is 5.32 Å². The molecule has 0 radical (unpaired) electrons. The second-order valence-corrected chi connectivity index (χ2v) is 6.49. The standard InChI is InChI=1S/C22H25N3O3/c1-17(18-9-4-2-5-10-18)27-16-8-15-23-20(26)13-14-21-24-25-22(28-21)19-11-6-3-7-12-19/h2-7,9-12,17H,8,13-16H2,1H3,(H,23,26). The molecule has 1 atom stereocenters. The average molecular weight is 379 g/mol. The van der Waals surface area contributed by atoms with Crippen LogP contribution in [0.1, 0.15) is 37.3 Å². The minimum absolute atomic E-state index is 0.0319. The van der Waals surface area contributed by atoms with Crippen molar-refractivity contribution in [2.45, 2.75) is 32.3 Å². The lowest BCUT2D eigenvalue weighted by Crippen LogP contribution is -2.25. The van der Waals surface area contributed by atoms with Crippen LogP contribution in [0.2, 0.25) is 0 Å². The molecule has 1 amide bonds. The zero-order valence-corrected chi connectivity index (χ0v) is 16.0. The van der Waals surface area contributed by atoms with Crippen LogP contribution in [-0.2, 0) is 16.0 Å². The number of carbonyl (C=O) groups excluding carboxylic acids is 1. The molecule has 0 fully saturated rings. The van der Waals surface area contributed by atoms with E-state index in [4.69, 9.17) is 9.15 Å². The van der Waals surface area contributed by atoms with Crippen LogP contribution in [0.4, 0.5) is 0 Å². The SMILES string of the molecule is CC(OCCCNC(=O)CCc1nnc(-c2ccccc2)o1)c1ccccc1. The molecule has 146 valence electrons. The smallest absolute Gasteiger partial charge is 0.247 e. The van der Waals surface area contributed by atoms with Crippen molar-refractivity contribution in [3.8, 4) is 11.5 Å². The van der Waals surface area contributed by atoms with Gasteiger partial charge in [-0.15, -0.1) is 10.2 Å². The summed E-state index contributed by atoms with van der Waals surface area (Å²) in [7, 11) is 0. The number of ether oxygens (including phenoxy) is 1. The molecular formula is C22H25N3O3. The highest BCUT2D eigenvalue weighted by atomic mass is 16.5. The van der Waals surface area contributed by atoms with Crippen molar-refractivity contribution in [2.24, 2.45) is 0 Å². The van der Waals surface area contributed by atoms with E-state index in [-0.39, 0.29) is 12.0 Å². The Hall–Kier alpha value is -2.99.